The number of methoxy groups -OCH3 is 1. The number of carbonyl (C=O) groups is 1. The molecule has 4 nitrogen and oxygen atoms in total. The predicted octanol–water partition coefficient (Wildman–Crippen LogP) is 1.68. The molecule has 4 heteroatoms. The first-order valence-electron chi connectivity index (χ1n) is 4.61. The van der Waals surface area contributed by atoms with Crippen molar-refractivity contribution in [2.75, 3.05) is 7.11 Å². The highest BCUT2D eigenvalue weighted by Crippen LogP contribution is 2.13. The molecule has 0 fully saturated rings. The molecule has 0 aliphatic heterocycles. The van der Waals surface area contributed by atoms with Gasteiger partial charge in [-0.2, -0.15) is 0 Å². The van der Waals surface area contributed by atoms with Crippen LogP contribution in [0.1, 0.15) is 12.5 Å². The Morgan fingerprint density at radius 1 is 1.53 bits per heavy atom. The molecule has 15 heavy (non-hydrogen) atoms. The third-order valence-electron chi connectivity index (χ3n) is 1.98. The molecule has 82 valence electrons. The van der Waals surface area contributed by atoms with Gasteiger partial charge in [-0.3, -0.25) is 0 Å². The van der Waals surface area contributed by atoms with E-state index in [4.69, 9.17) is 14.6 Å². The fourth-order valence-corrected chi connectivity index (χ4v) is 1.05. The van der Waals surface area contributed by atoms with Crippen LogP contribution in [-0.4, -0.2) is 24.3 Å². The lowest BCUT2D eigenvalue weighted by molar-refractivity contribution is -0.149. The van der Waals surface area contributed by atoms with Crippen molar-refractivity contribution < 1.29 is 19.4 Å². The molecule has 0 aromatic heterocycles. The van der Waals surface area contributed by atoms with E-state index in [1.807, 2.05) is 24.3 Å². The molecule has 1 aromatic carbocycles. The molecule has 0 saturated carbocycles. The van der Waals surface area contributed by atoms with Gasteiger partial charge in [0.2, 0.25) is 0 Å². The summed E-state index contributed by atoms with van der Waals surface area (Å²) < 4.78 is 10.2. The molecule has 0 aliphatic carbocycles. The predicted molar refractivity (Wildman–Crippen MR) is 54.9 cm³/mol. The van der Waals surface area contributed by atoms with Crippen LogP contribution in [0, 0.1) is 0 Å². The zero-order valence-electron chi connectivity index (χ0n) is 8.77. The lowest BCUT2D eigenvalue weighted by Gasteiger charge is -2.09. The minimum absolute atomic E-state index is 0.269. The minimum Gasteiger partial charge on any atom is -0.497 e. The number of hydrogen-bond acceptors (Lipinski definition) is 3. The normalized spacial score (nSPS) is 12.1. The van der Waals surface area contributed by atoms with E-state index in [1.54, 1.807) is 7.11 Å². The summed E-state index contributed by atoms with van der Waals surface area (Å²) in [7, 11) is 1.58. The van der Waals surface area contributed by atoms with E-state index in [1.165, 1.54) is 6.92 Å². The number of hydrogen-bond donors (Lipinski definition) is 1. The number of carboxylic acids is 1. The molecule has 0 radical (unpaired) electrons. The Morgan fingerprint density at radius 3 is 2.87 bits per heavy atom. The van der Waals surface area contributed by atoms with Crippen LogP contribution in [0.15, 0.2) is 24.3 Å². The highest BCUT2D eigenvalue weighted by molar-refractivity contribution is 5.71. The molecule has 0 spiro atoms. The lowest BCUT2D eigenvalue weighted by Crippen LogP contribution is -2.19. The van der Waals surface area contributed by atoms with Gasteiger partial charge in [0.1, 0.15) is 5.75 Å². The Morgan fingerprint density at radius 2 is 2.27 bits per heavy atom. The second-order valence-electron chi connectivity index (χ2n) is 3.14. The number of carboxylic acid groups (broad SMARTS) is 1. The fourth-order valence-electron chi connectivity index (χ4n) is 1.05. The smallest absolute Gasteiger partial charge is 0.332 e. The van der Waals surface area contributed by atoms with Crippen LogP contribution in [-0.2, 0) is 16.1 Å². The van der Waals surface area contributed by atoms with Crippen molar-refractivity contribution in [1.29, 1.82) is 0 Å². The number of rotatable bonds is 5. The van der Waals surface area contributed by atoms with Gasteiger partial charge in [0.15, 0.2) is 6.10 Å². The molecular formula is C11H14O4. The Kier molecular flexibility index (Phi) is 4.12. The minimum atomic E-state index is -0.960. The average Bonchev–Trinajstić information content (AvgIpc) is 2.26. The van der Waals surface area contributed by atoms with Crippen LogP contribution in [0.25, 0.3) is 0 Å². The Labute approximate surface area is 88.4 Å². The maximum Gasteiger partial charge on any atom is 0.332 e. The van der Waals surface area contributed by atoms with E-state index in [0.717, 1.165) is 11.3 Å². The number of aliphatic carboxylic acids is 1. The van der Waals surface area contributed by atoms with E-state index in [2.05, 4.69) is 0 Å². The molecule has 1 rings (SSSR count). The van der Waals surface area contributed by atoms with Gasteiger partial charge in [0.25, 0.3) is 0 Å². The zero-order chi connectivity index (χ0) is 11.3. The summed E-state index contributed by atoms with van der Waals surface area (Å²) in [4.78, 5) is 10.5. The van der Waals surface area contributed by atoms with Crippen LogP contribution < -0.4 is 4.74 Å². The molecular weight excluding hydrogens is 196 g/mol. The summed E-state index contributed by atoms with van der Waals surface area (Å²) in [5, 5.41) is 8.61. The van der Waals surface area contributed by atoms with Gasteiger partial charge >= 0.3 is 5.97 Å². The van der Waals surface area contributed by atoms with Crippen molar-refractivity contribution >= 4 is 5.97 Å². The van der Waals surface area contributed by atoms with Crippen LogP contribution in [0.4, 0.5) is 0 Å². The van der Waals surface area contributed by atoms with Gasteiger partial charge < -0.3 is 14.6 Å². The van der Waals surface area contributed by atoms with Crippen LogP contribution in [0.3, 0.4) is 0 Å². The zero-order valence-corrected chi connectivity index (χ0v) is 8.77. The standard InChI is InChI=1S/C11H14O4/c1-8(11(12)13)15-7-9-4-3-5-10(6-9)14-2/h3-6,8H,7H2,1-2H3,(H,12,13)/t8-/m0/s1. The van der Waals surface area contributed by atoms with Crippen LogP contribution >= 0.6 is 0 Å². The van der Waals surface area contributed by atoms with Crippen molar-refractivity contribution in [3.05, 3.63) is 29.8 Å². The molecule has 0 amide bonds. The largest absolute Gasteiger partial charge is 0.497 e. The van der Waals surface area contributed by atoms with E-state index in [0.29, 0.717) is 0 Å². The maximum atomic E-state index is 10.5. The molecule has 0 aliphatic rings. The highest BCUT2D eigenvalue weighted by atomic mass is 16.5. The highest BCUT2D eigenvalue weighted by Gasteiger charge is 2.10. The van der Waals surface area contributed by atoms with Crippen molar-refractivity contribution in [1.82, 2.24) is 0 Å². The molecule has 0 bridgehead atoms. The second kappa shape index (κ2) is 5.36. The van der Waals surface area contributed by atoms with Crippen molar-refractivity contribution in [2.45, 2.75) is 19.6 Å². The molecule has 1 aromatic rings. The topological polar surface area (TPSA) is 55.8 Å². The fraction of sp³-hybridized carbons (Fsp3) is 0.364. The Bertz CT molecular complexity index is 335. The van der Waals surface area contributed by atoms with Gasteiger partial charge in [0.05, 0.1) is 13.7 Å². The first-order chi connectivity index (χ1) is 7.13. The number of ether oxygens (including phenoxy) is 2. The summed E-state index contributed by atoms with van der Waals surface area (Å²) in [5.41, 5.74) is 0.891. The summed E-state index contributed by atoms with van der Waals surface area (Å²) >= 11 is 0. The van der Waals surface area contributed by atoms with Gasteiger partial charge in [-0.25, -0.2) is 4.79 Å². The van der Waals surface area contributed by atoms with E-state index in [9.17, 15) is 4.79 Å². The van der Waals surface area contributed by atoms with Crippen molar-refractivity contribution in [3.63, 3.8) is 0 Å². The van der Waals surface area contributed by atoms with Crippen LogP contribution in [0.5, 0.6) is 5.75 Å². The van der Waals surface area contributed by atoms with Gasteiger partial charge in [-0.1, -0.05) is 12.1 Å². The lowest BCUT2D eigenvalue weighted by atomic mass is 10.2. The van der Waals surface area contributed by atoms with E-state index < -0.39 is 12.1 Å². The molecule has 0 unspecified atom stereocenters. The SMILES string of the molecule is COc1cccc(CO[C@@H](C)C(=O)O)c1. The average molecular weight is 210 g/mol. The van der Waals surface area contributed by atoms with Gasteiger partial charge in [-0.05, 0) is 24.6 Å². The summed E-state index contributed by atoms with van der Waals surface area (Å²) in [6.07, 6.45) is -0.795. The van der Waals surface area contributed by atoms with E-state index in [-0.39, 0.29) is 6.61 Å². The molecule has 0 saturated heterocycles. The second-order valence-corrected chi connectivity index (χ2v) is 3.14. The molecule has 1 atom stereocenters. The van der Waals surface area contributed by atoms with Gasteiger partial charge in [0, 0.05) is 0 Å². The van der Waals surface area contributed by atoms with Crippen molar-refractivity contribution in [2.24, 2.45) is 0 Å². The maximum absolute atomic E-state index is 10.5. The first-order valence-corrected chi connectivity index (χ1v) is 4.61. The quantitative estimate of drug-likeness (QED) is 0.803. The molecule has 0 heterocycles. The first kappa shape index (κ1) is 11.5. The number of benzene rings is 1. The van der Waals surface area contributed by atoms with Crippen LogP contribution in [0.2, 0.25) is 0 Å². The summed E-state index contributed by atoms with van der Waals surface area (Å²) in [6.45, 7) is 1.77. The summed E-state index contributed by atoms with van der Waals surface area (Å²) in [6, 6.07) is 7.33. The third-order valence-corrected chi connectivity index (χ3v) is 1.98. The monoisotopic (exact) mass is 210 g/mol. The van der Waals surface area contributed by atoms with Gasteiger partial charge in [-0.15, -0.1) is 0 Å². The third kappa shape index (κ3) is 3.59. The Hall–Kier alpha value is -1.55. The molecule has 1 N–H and O–H groups in total. The van der Waals surface area contributed by atoms with Crippen molar-refractivity contribution in [3.8, 4) is 5.75 Å². The summed E-state index contributed by atoms with van der Waals surface area (Å²) in [5.74, 6) is -0.225. The van der Waals surface area contributed by atoms with E-state index >= 15 is 0 Å². The Balaban J connectivity index is 2.53.